The molecule has 7 nitrogen and oxygen atoms in total. The van der Waals surface area contributed by atoms with E-state index in [1.54, 1.807) is 19.2 Å². The Morgan fingerprint density at radius 1 is 0.897 bits per heavy atom. The summed E-state index contributed by atoms with van der Waals surface area (Å²) < 4.78 is 10.8. The Hall–Kier alpha value is -3.61. The van der Waals surface area contributed by atoms with E-state index in [0.29, 0.717) is 31.2 Å². The molecule has 0 unspecified atom stereocenters. The van der Waals surface area contributed by atoms with Gasteiger partial charge in [-0.05, 0) is 48.9 Å². The molecule has 0 aliphatic rings. The number of amides is 1. The van der Waals surface area contributed by atoms with Gasteiger partial charge in [-0.15, -0.1) is 10.2 Å². The van der Waals surface area contributed by atoms with Crippen LogP contribution in [0.5, 0.6) is 11.5 Å². The van der Waals surface area contributed by atoms with Gasteiger partial charge in [0.15, 0.2) is 5.82 Å². The summed E-state index contributed by atoms with van der Waals surface area (Å²) >= 11 is 0. The summed E-state index contributed by atoms with van der Waals surface area (Å²) in [5.41, 5.74) is 2.12. The number of carbonyl (C=O) groups excluding carboxylic acids is 1. The molecule has 7 heteroatoms. The lowest BCUT2D eigenvalue weighted by Crippen LogP contribution is -2.16. The highest BCUT2D eigenvalue weighted by molar-refractivity contribution is 5.91. The van der Waals surface area contributed by atoms with Crippen molar-refractivity contribution in [2.45, 2.75) is 13.3 Å². The largest absolute Gasteiger partial charge is 0.497 e. The number of carbonyl (C=O) groups is 1. The first-order valence-electron chi connectivity index (χ1n) is 9.32. The molecule has 0 fully saturated rings. The van der Waals surface area contributed by atoms with Crippen LogP contribution in [0.4, 0.5) is 11.6 Å². The molecular weight excluding hydrogens is 368 g/mol. The zero-order valence-electron chi connectivity index (χ0n) is 16.5. The van der Waals surface area contributed by atoms with Crippen LogP contribution in [-0.2, 0) is 11.2 Å². The first kappa shape index (κ1) is 20.1. The summed E-state index contributed by atoms with van der Waals surface area (Å²) in [6, 6.07) is 18.7. The Morgan fingerprint density at radius 2 is 1.55 bits per heavy atom. The lowest BCUT2D eigenvalue weighted by molar-refractivity contribution is -0.115. The Morgan fingerprint density at radius 3 is 2.21 bits per heavy atom. The van der Waals surface area contributed by atoms with Gasteiger partial charge in [0.1, 0.15) is 23.9 Å². The van der Waals surface area contributed by atoms with Crippen LogP contribution in [0.1, 0.15) is 11.1 Å². The van der Waals surface area contributed by atoms with E-state index in [1.807, 2.05) is 55.5 Å². The van der Waals surface area contributed by atoms with Gasteiger partial charge in [0.2, 0.25) is 5.91 Å². The first-order chi connectivity index (χ1) is 14.1. The van der Waals surface area contributed by atoms with Crippen molar-refractivity contribution in [3.8, 4) is 11.5 Å². The van der Waals surface area contributed by atoms with Gasteiger partial charge in [-0.3, -0.25) is 4.79 Å². The molecule has 2 aromatic carbocycles. The fraction of sp³-hybridized carbons (Fsp3) is 0.227. The van der Waals surface area contributed by atoms with Crippen molar-refractivity contribution >= 4 is 17.5 Å². The third kappa shape index (κ3) is 6.49. The Labute approximate surface area is 170 Å². The van der Waals surface area contributed by atoms with Gasteiger partial charge in [-0.2, -0.15) is 0 Å². The van der Waals surface area contributed by atoms with Crippen LogP contribution >= 0.6 is 0 Å². The Kier molecular flexibility index (Phi) is 7.00. The van der Waals surface area contributed by atoms with E-state index in [4.69, 9.17) is 9.47 Å². The summed E-state index contributed by atoms with van der Waals surface area (Å²) in [5, 5.41) is 14.0. The molecule has 3 rings (SSSR count). The highest BCUT2D eigenvalue weighted by Crippen LogP contribution is 2.16. The summed E-state index contributed by atoms with van der Waals surface area (Å²) in [5.74, 6) is 2.46. The molecule has 0 atom stereocenters. The molecule has 29 heavy (non-hydrogen) atoms. The van der Waals surface area contributed by atoms with E-state index in [2.05, 4.69) is 20.8 Å². The molecule has 3 aromatic rings. The quantitative estimate of drug-likeness (QED) is 0.543. The monoisotopic (exact) mass is 392 g/mol. The Balaban J connectivity index is 1.40. The van der Waals surface area contributed by atoms with E-state index in [9.17, 15) is 4.79 Å². The van der Waals surface area contributed by atoms with Crippen LogP contribution in [0, 0.1) is 6.92 Å². The van der Waals surface area contributed by atoms with Crippen LogP contribution in [0.2, 0.25) is 0 Å². The second kappa shape index (κ2) is 10.1. The zero-order valence-corrected chi connectivity index (χ0v) is 16.5. The van der Waals surface area contributed by atoms with Gasteiger partial charge in [-0.1, -0.05) is 29.8 Å². The summed E-state index contributed by atoms with van der Waals surface area (Å²) in [6.07, 6.45) is 0.296. The van der Waals surface area contributed by atoms with Crippen LogP contribution in [-0.4, -0.2) is 36.4 Å². The van der Waals surface area contributed by atoms with E-state index >= 15 is 0 Å². The molecule has 1 amide bonds. The first-order valence-corrected chi connectivity index (χ1v) is 9.32. The number of ether oxygens (including phenoxy) is 2. The molecule has 0 saturated carbocycles. The molecule has 150 valence electrons. The molecule has 0 aliphatic heterocycles. The molecule has 0 saturated heterocycles. The molecule has 1 heterocycles. The van der Waals surface area contributed by atoms with Gasteiger partial charge < -0.3 is 20.1 Å². The number of rotatable bonds is 9. The minimum atomic E-state index is -0.128. The molecule has 1 aromatic heterocycles. The van der Waals surface area contributed by atoms with E-state index in [0.717, 1.165) is 22.6 Å². The molecule has 0 spiro atoms. The highest BCUT2D eigenvalue weighted by Gasteiger charge is 2.06. The van der Waals surface area contributed by atoms with E-state index < -0.39 is 0 Å². The number of nitrogens with one attached hydrogen (secondary N) is 2. The number of anilines is 2. The van der Waals surface area contributed by atoms with E-state index in [1.165, 1.54) is 0 Å². The van der Waals surface area contributed by atoms with E-state index in [-0.39, 0.29) is 5.91 Å². The smallest absolute Gasteiger partial charge is 0.229 e. The van der Waals surface area contributed by atoms with Gasteiger partial charge in [0.25, 0.3) is 0 Å². The summed E-state index contributed by atoms with van der Waals surface area (Å²) in [7, 11) is 1.63. The lowest BCUT2D eigenvalue weighted by atomic mass is 10.1. The maximum Gasteiger partial charge on any atom is 0.229 e. The fourth-order valence-corrected chi connectivity index (χ4v) is 2.59. The van der Waals surface area contributed by atoms with Crippen LogP contribution in [0.3, 0.4) is 0 Å². The van der Waals surface area contributed by atoms with Crippen molar-refractivity contribution in [2.24, 2.45) is 0 Å². The SMILES string of the molecule is COc1ccc(OCCNc2ccc(NC(=O)Cc3ccc(C)cc3)nn2)cc1. The minimum absolute atomic E-state index is 0.128. The minimum Gasteiger partial charge on any atom is -0.497 e. The average Bonchev–Trinajstić information content (AvgIpc) is 2.74. The van der Waals surface area contributed by atoms with Crippen molar-refractivity contribution in [3.63, 3.8) is 0 Å². The number of aryl methyl sites for hydroxylation is 1. The van der Waals surface area contributed by atoms with Crippen LogP contribution in [0.25, 0.3) is 0 Å². The number of aromatic nitrogens is 2. The van der Waals surface area contributed by atoms with Gasteiger partial charge >= 0.3 is 0 Å². The number of nitrogens with zero attached hydrogens (tertiary/aromatic N) is 2. The Bertz CT molecular complexity index is 910. The molecule has 0 radical (unpaired) electrons. The lowest BCUT2D eigenvalue weighted by Gasteiger charge is -2.09. The molecule has 0 bridgehead atoms. The van der Waals surface area contributed by atoms with Crippen LogP contribution < -0.4 is 20.1 Å². The highest BCUT2D eigenvalue weighted by atomic mass is 16.5. The third-order valence-electron chi connectivity index (χ3n) is 4.15. The maximum atomic E-state index is 12.1. The summed E-state index contributed by atoms with van der Waals surface area (Å²) in [4.78, 5) is 12.1. The van der Waals surface area contributed by atoms with Crippen molar-refractivity contribution in [2.75, 3.05) is 30.9 Å². The number of methoxy groups -OCH3 is 1. The third-order valence-corrected chi connectivity index (χ3v) is 4.15. The van der Waals surface area contributed by atoms with Crippen molar-refractivity contribution in [1.82, 2.24) is 10.2 Å². The topological polar surface area (TPSA) is 85.4 Å². The second-order valence-electron chi connectivity index (χ2n) is 6.47. The number of hydrogen-bond acceptors (Lipinski definition) is 6. The maximum absolute atomic E-state index is 12.1. The number of hydrogen-bond donors (Lipinski definition) is 2. The average molecular weight is 392 g/mol. The van der Waals surface area contributed by atoms with Crippen LogP contribution in [0.15, 0.2) is 60.7 Å². The number of benzene rings is 2. The molecular formula is C22H24N4O3. The second-order valence-corrected chi connectivity index (χ2v) is 6.47. The standard InChI is InChI=1S/C22H24N4O3/c1-16-3-5-17(6-4-16)15-22(27)24-21-12-11-20(25-26-21)23-13-14-29-19-9-7-18(28-2)8-10-19/h3-12H,13-15H2,1-2H3,(H,23,25)(H,24,26,27). The molecule has 2 N–H and O–H groups in total. The van der Waals surface area contributed by atoms with Crippen molar-refractivity contribution in [1.29, 1.82) is 0 Å². The van der Waals surface area contributed by atoms with Gasteiger partial charge in [0.05, 0.1) is 20.1 Å². The fourth-order valence-electron chi connectivity index (χ4n) is 2.59. The van der Waals surface area contributed by atoms with Crippen molar-refractivity contribution < 1.29 is 14.3 Å². The zero-order chi connectivity index (χ0) is 20.5. The van der Waals surface area contributed by atoms with Gasteiger partial charge in [0, 0.05) is 0 Å². The summed E-state index contributed by atoms with van der Waals surface area (Å²) in [6.45, 7) is 3.06. The van der Waals surface area contributed by atoms with Gasteiger partial charge in [-0.25, -0.2) is 0 Å². The molecule has 0 aliphatic carbocycles. The predicted molar refractivity (Wildman–Crippen MR) is 113 cm³/mol. The van der Waals surface area contributed by atoms with Crippen molar-refractivity contribution in [3.05, 3.63) is 71.8 Å². The predicted octanol–water partition coefficient (Wildman–Crippen LogP) is 3.47. The normalized spacial score (nSPS) is 10.3.